The Bertz CT molecular complexity index is 584. The topological polar surface area (TPSA) is 86.6 Å². The Morgan fingerprint density at radius 3 is 2.81 bits per heavy atom. The van der Waals surface area contributed by atoms with E-state index in [0.717, 1.165) is 25.6 Å². The van der Waals surface area contributed by atoms with Crippen LogP contribution in [-0.2, 0) is 9.59 Å². The van der Waals surface area contributed by atoms with E-state index in [-0.39, 0.29) is 11.9 Å². The average molecular weight is 288 g/mol. The number of carboxylic acid groups (broad SMARTS) is 1. The first kappa shape index (κ1) is 13.5. The van der Waals surface area contributed by atoms with Crippen LogP contribution in [0.3, 0.4) is 0 Å². The van der Waals surface area contributed by atoms with Crippen molar-refractivity contribution in [1.82, 2.24) is 14.9 Å². The van der Waals surface area contributed by atoms with Crippen LogP contribution in [0.5, 0.6) is 0 Å². The lowest BCUT2D eigenvalue weighted by molar-refractivity contribution is -0.131. The SMILES string of the molecule is O=C(O)/C=C/c1cnc(N2CCN3C(=O)CCC3C2)nc1. The molecule has 21 heavy (non-hydrogen) atoms. The van der Waals surface area contributed by atoms with E-state index in [0.29, 0.717) is 24.5 Å². The molecule has 1 unspecified atom stereocenters. The van der Waals surface area contributed by atoms with Crippen LogP contribution in [0.2, 0.25) is 0 Å². The molecule has 3 heterocycles. The van der Waals surface area contributed by atoms with Gasteiger partial charge in [0.1, 0.15) is 0 Å². The number of carboxylic acids is 1. The molecular weight excluding hydrogens is 272 g/mol. The smallest absolute Gasteiger partial charge is 0.328 e. The monoisotopic (exact) mass is 288 g/mol. The number of hydrogen-bond donors (Lipinski definition) is 1. The van der Waals surface area contributed by atoms with E-state index in [1.54, 1.807) is 12.4 Å². The predicted octanol–water partition coefficient (Wildman–Crippen LogP) is 0.385. The van der Waals surface area contributed by atoms with Crippen molar-refractivity contribution in [2.24, 2.45) is 0 Å². The molecular formula is C14H16N4O3. The minimum absolute atomic E-state index is 0.245. The Hall–Kier alpha value is -2.44. The molecule has 7 heteroatoms. The number of amides is 1. The summed E-state index contributed by atoms with van der Waals surface area (Å²) in [5, 5.41) is 8.57. The maximum absolute atomic E-state index is 11.6. The van der Waals surface area contributed by atoms with Crippen LogP contribution in [0.15, 0.2) is 18.5 Å². The minimum atomic E-state index is -0.999. The second-order valence-corrected chi connectivity index (χ2v) is 5.21. The highest BCUT2D eigenvalue weighted by Crippen LogP contribution is 2.24. The molecule has 0 saturated carbocycles. The summed E-state index contributed by atoms with van der Waals surface area (Å²) in [6.45, 7) is 2.20. The molecule has 2 fully saturated rings. The van der Waals surface area contributed by atoms with Crippen molar-refractivity contribution in [2.75, 3.05) is 24.5 Å². The summed E-state index contributed by atoms with van der Waals surface area (Å²) in [4.78, 5) is 34.7. The first-order chi connectivity index (χ1) is 10.1. The van der Waals surface area contributed by atoms with Gasteiger partial charge in [0.25, 0.3) is 0 Å². The lowest BCUT2D eigenvalue weighted by Crippen LogP contribution is -2.52. The van der Waals surface area contributed by atoms with Crippen LogP contribution >= 0.6 is 0 Å². The molecule has 0 radical (unpaired) electrons. The van der Waals surface area contributed by atoms with Gasteiger partial charge in [0, 0.05) is 56.1 Å². The number of piperazine rings is 1. The molecule has 1 aromatic heterocycles. The second kappa shape index (κ2) is 5.51. The molecule has 0 aliphatic carbocycles. The van der Waals surface area contributed by atoms with Crippen molar-refractivity contribution < 1.29 is 14.7 Å². The first-order valence-corrected chi connectivity index (χ1v) is 6.91. The molecule has 1 atom stereocenters. The van der Waals surface area contributed by atoms with Crippen LogP contribution in [0.25, 0.3) is 6.08 Å². The zero-order valence-corrected chi connectivity index (χ0v) is 11.5. The van der Waals surface area contributed by atoms with E-state index < -0.39 is 5.97 Å². The number of anilines is 1. The molecule has 0 spiro atoms. The Balaban J connectivity index is 1.67. The summed E-state index contributed by atoms with van der Waals surface area (Å²) in [6, 6.07) is 0.265. The number of aliphatic carboxylic acids is 1. The largest absolute Gasteiger partial charge is 0.478 e. The Kier molecular flexibility index (Phi) is 3.55. The summed E-state index contributed by atoms with van der Waals surface area (Å²) in [7, 11) is 0. The number of nitrogens with zero attached hydrogens (tertiary/aromatic N) is 4. The van der Waals surface area contributed by atoms with E-state index in [2.05, 4.69) is 14.9 Å². The van der Waals surface area contributed by atoms with E-state index in [9.17, 15) is 9.59 Å². The maximum Gasteiger partial charge on any atom is 0.328 e. The number of carbonyl (C=O) groups excluding carboxylic acids is 1. The zero-order chi connectivity index (χ0) is 14.8. The third kappa shape index (κ3) is 2.86. The standard InChI is InChI=1S/C14H16N4O3/c19-12-3-2-11-9-17(5-6-18(11)12)14-15-7-10(8-16-14)1-4-13(20)21/h1,4,7-8,11H,2-3,5-6,9H2,(H,20,21)/b4-1+. The predicted molar refractivity (Wildman–Crippen MR) is 75.6 cm³/mol. The summed E-state index contributed by atoms with van der Waals surface area (Å²) >= 11 is 0. The number of carbonyl (C=O) groups is 2. The highest BCUT2D eigenvalue weighted by Gasteiger charge is 2.36. The van der Waals surface area contributed by atoms with Gasteiger partial charge in [-0.3, -0.25) is 4.79 Å². The van der Waals surface area contributed by atoms with Gasteiger partial charge in [0.15, 0.2) is 0 Å². The molecule has 0 bridgehead atoms. The van der Waals surface area contributed by atoms with Crippen LogP contribution < -0.4 is 4.90 Å². The molecule has 110 valence electrons. The van der Waals surface area contributed by atoms with Gasteiger partial charge in [-0.1, -0.05) is 0 Å². The maximum atomic E-state index is 11.6. The van der Waals surface area contributed by atoms with Crippen molar-refractivity contribution in [3.63, 3.8) is 0 Å². The highest BCUT2D eigenvalue weighted by molar-refractivity contribution is 5.85. The van der Waals surface area contributed by atoms with Crippen LogP contribution in [0.1, 0.15) is 18.4 Å². The average Bonchev–Trinajstić information content (AvgIpc) is 2.86. The van der Waals surface area contributed by atoms with Crippen molar-refractivity contribution in [3.05, 3.63) is 24.0 Å². The van der Waals surface area contributed by atoms with Crippen LogP contribution in [0, 0.1) is 0 Å². The Morgan fingerprint density at radius 2 is 2.10 bits per heavy atom. The van der Waals surface area contributed by atoms with Crippen LogP contribution in [0.4, 0.5) is 5.95 Å². The van der Waals surface area contributed by atoms with Crippen LogP contribution in [-0.4, -0.2) is 57.5 Å². The molecule has 2 aliphatic heterocycles. The number of rotatable bonds is 3. The van der Waals surface area contributed by atoms with Gasteiger partial charge in [-0.05, 0) is 12.5 Å². The number of fused-ring (bicyclic) bond motifs is 1. The quantitative estimate of drug-likeness (QED) is 0.809. The van der Waals surface area contributed by atoms with E-state index in [4.69, 9.17) is 5.11 Å². The summed E-state index contributed by atoms with van der Waals surface area (Å²) < 4.78 is 0. The summed E-state index contributed by atoms with van der Waals surface area (Å²) in [6.07, 6.45) is 7.26. The van der Waals surface area contributed by atoms with Gasteiger partial charge in [-0.15, -0.1) is 0 Å². The van der Waals surface area contributed by atoms with Gasteiger partial charge in [-0.2, -0.15) is 0 Å². The Morgan fingerprint density at radius 1 is 1.33 bits per heavy atom. The van der Waals surface area contributed by atoms with E-state index >= 15 is 0 Å². The summed E-state index contributed by atoms with van der Waals surface area (Å²) in [5.74, 6) is -0.128. The minimum Gasteiger partial charge on any atom is -0.478 e. The molecule has 1 aromatic rings. The Labute approximate surface area is 121 Å². The lowest BCUT2D eigenvalue weighted by Gasteiger charge is -2.37. The fourth-order valence-electron chi connectivity index (χ4n) is 2.79. The first-order valence-electron chi connectivity index (χ1n) is 6.91. The second-order valence-electron chi connectivity index (χ2n) is 5.21. The molecule has 1 N–H and O–H groups in total. The van der Waals surface area contributed by atoms with E-state index in [1.807, 2.05) is 4.90 Å². The molecule has 7 nitrogen and oxygen atoms in total. The van der Waals surface area contributed by atoms with Crippen molar-refractivity contribution in [3.8, 4) is 0 Å². The highest BCUT2D eigenvalue weighted by atomic mass is 16.4. The van der Waals surface area contributed by atoms with Crippen molar-refractivity contribution >= 4 is 23.9 Å². The van der Waals surface area contributed by atoms with Gasteiger partial charge in [0.2, 0.25) is 11.9 Å². The zero-order valence-electron chi connectivity index (χ0n) is 11.5. The third-order valence-electron chi connectivity index (χ3n) is 3.85. The van der Waals surface area contributed by atoms with Crippen molar-refractivity contribution in [1.29, 1.82) is 0 Å². The fraction of sp³-hybridized carbons (Fsp3) is 0.429. The molecule has 1 amide bonds. The fourth-order valence-corrected chi connectivity index (χ4v) is 2.79. The summed E-state index contributed by atoms with van der Waals surface area (Å²) in [5.41, 5.74) is 0.649. The number of aromatic nitrogens is 2. The number of hydrogen-bond acceptors (Lipinski definition) is 5. The van der Waals surface area contributed by atoms with Gasteiger partial charge in [0.05, 0.1) is 0 Å². The normalized spacial score (nSPS) is 21.9. The van der Waals surface area contributed by atoms with Gasteiger partial charge >= 0.3 is 5.97 Å². The van der Waals surface area contributed by atoms with Gasteiger partial charge < -0.3 is 14.9 Å². The molecule has 0 aromatic carbocycles. The van der Waals surface area contributed by atoms with E-state index in [1.165, 1.54) is 6.08 Å². The van der Waals surface area contributed by atoms with Crippen molar-refractivity contribution in [2.45, 2.75) is 18.9 Å². The lowest BCUT2D eigenvalue weighted by atomic mass is 10.1. The van der Waals surface area contributed by atoms with Gasteiger partial charge in [-0.25, -0.2) is 14.8 Å². The molecule has 2 aliphatic rings. The molecule has 3 rings (SSSR count). The third-order valence-corrected chi connectivity index (χ3v) is 3.85. The molecule has 2 saturated heterocycles.